The van der Waals surface area contributed by atoms with E-state index >= 15 is 0 Å². The van der Waals surface area contributed by atoms with Gasteiger partial charge in [-0.25, -0.2) is 0 Å². The van der Waals surface area contributed by atoms with Gasteiger partial charge in [0, 0.05) is 40.9 Å². The van der Waals surface area contributed by atoms with Crippen LogP contribution in [0, 0.1) is 0 Å². The highest BCUT2D eigenvalue weighted by Gasteiger charge is 2.16. The number of rotatable bonds is 8. The van der Waals surface area contributed by atoms with Gasteiger partial charge in [0.05, 0.1) is 0 Å². The van der Waals surface area contributed by atoms with Crippen LogP contribution < -0.4 is 9.80 Å². The van der Waals surface area contributed by atoms with Crippen molar-refractivity contribution in [2.75, 3.05) is 16.8 Å². The zero-order chi connectivity index (χ0) is 35.6. The van der Waals surface area contributed by atoms with Crippen LogP contribution in [0.1, 0.15) is 0 Å². The molecule has 2 heteroatoms. The molecule has 0 spiro atoms. The largest absolute Gasteiger partial charge is 0.344 e. The molecule has 0 aromatic heterocycles. The molecule has 0 bridgehead atoms. The topological polar surface area (TPSA) is 6.48 Å². The molecule has 2 nitrogen and oxygen atoms in total. The minimum absolute atomic E-state index is 1.10. The summed E-state index contributed by atoms with van der Waals surface area (Å²) in [5, 5.41) is 5.06. The van der Waals surface area contributed by atoms with Gasteiger partial charge >= 0.3 is 0 Å². The highest BCUT2D eigenvalue weighted by molar-refractivity contribution is 6.13. The van der Waals surface area contributed by atoms with E-state index in [-0.39, 0.29) is 0 Å². The molecule has 0 aliphatic carbocycles. The van der Waals surface area contributed by atoms with Crippen LogP contribution in [0.5, 0.6) is 0 Å². The van der Waals surface area contributed by atoms with Crippen molar-refractivity contribution in [3.05, 3.63) is 212 Å². The van der Waals surface area contributed by atoms with Crippen LogP contribution in [-0.4, -0.2) is 7.05 Å². The van der Waals surface area contributed by atoms with Crippen LogP contribution in [-0.2, 0) is 0 Å². The lowest BCUT2D eigenvalue weighted by Gasteiger charge is -2.27. The summed E-state index contributed by atoms with van der Waals surface area (Å²) in [5.41, 5.74) is 12.8. The summed E-state index contributed by atoms with van der Waals surface area (Å²) >= 11 is 0. The van der Waals surface area contributed by atoms with Gasteiger partial charge in [0.25, 0.3) is 0 Å². The van der Waals surface area contributed by atoms with Gasteiger partial charge in [0.2, 0.25) is 0 Å². The Kier molecular flexibility index (Phi) is 8.47. The number of anilines is 5. The fourth-order valence-electron chi connectivity index (χ4n) is 7.49. The number of benzene rings is 9. The van der Waals surface area contributed by atoms with Crippen LogP contribution in [0.25, 0.3) is 54.9 Å². The Balaban J connectivity index is 1.05. The summed E-state index contributed by atoms with van der Waals surface area (Å²) in [6, 6.07) is 76.3. The SMILES string of the molecule is CN(c1ccc(-c2ccc(N(c3cccc(-c4ccccc4)c3)c3cccc(-c4ccccc4)c3)cc2)cc1)c1cc2ccccc2c2ccccc12. The van der Waals surface area contributed by atoms with Crippen molar-refractivity contribution in [3.8, 4) is 33.4 Å². The summed E-state index contributed by atoms with van der Waals surface area (Å²) in [5.74, 6) is 0. The number of fused-ring (bicyclic) bond motifs is 3. The van der Waals surface area contributed by atoms with Gasteiger partial charge in [-0.2, -0.15) is 0 Å². The monoisotopic (exact) mass is 678 g/mol. The minimum Gasteiger partial charge on any atom is -0.344 e. The Morgan fingerprint density at radius 1 is 0.283 bits per heavy atom. The van der Waals surface area contributed by atoms with Crippen molar-refractivity contribution in [1.29, 1.82) is 0 Å². The molecule has 0 fully saturated rings. The highest BCUT2D eigenvalue weighted by atomic mass is 15.1. The maximum atomic E-state index is 2.36. The average Bonchev–Trinajstić information content (AvgIpc) is 3.24. The molecular formula is C51H38N2. The average molecular weight is 679 g/mol. The number of hydrogen-bond acceptors (Lipinski definition) is 2. The summed E-state index contributed by atoms with van der Waals surface area (Å²) < 4.78 is 0. The van der Waals surface area contributed by atoms with Gasteiger partial charge < -0.3 is 9.80 Å². The first-order valence-corrected chi connectivity index (χ1v) is 18.2. The maximum absolute atomic E-state index is 2.36. The molecule has 0 unspecified atom stereocenters. The van der Waals surface area contributed by atoms with Gasteiger partial charge in [-0.3, -0.25) is 0 Å². The molecule has 9 rings (SSSR count). The molecule has 0 N–H and O–H groups in total. The molecule has 0 radical (unpaired) electrons. The zero-order valence-electron chi connectivity index (χ0n) is 29.6. The van der Waals surface area contributed by atoms with E-state index in [4.69, 9.17) is 0 Å². The van der Waals surface area contributed by atoms with Gasteiger partial charge in [-0.15, -0.1) is 0 Å². The molecule has 9 aromatic carbocycles. The van der Waals surface area contributed by atoms with Crippen molar-refractivity contribution in [2.45, 2.75) is 0 Å². The summed E-state index contributed by atoms with van der Waals surface area (Å²) in [6.07, 6.45) is 0. The van der Waals surface area contributed by atoms with Crippen LogP contribution in [0.3, 0.4) is 0 Å². The third-order valence-electron chi connectivity index (χ3n) is 10.2. The standard InChI is InChI=1S/C51H38N2/c1-52(51-36-43-18-8-9-23-48(43)49-24-10-11-25-50(49)51)44-30-26-39(27-31-44)40-28-32-45(33-29-40)53(46-21-12-19-41(34-46)37-14-4-2-5-15-37)47-22-13-20-42(35-47)38-16-6-3-7-17-38/h2-36H,1H3. The van der Waals surface area contributed by atoms with Crippen LogP contribution >= 0.6 is 0 Å². The summed E-state index contributed by atoms with van der Waals surface area (Å²) in [4.78, 5) is 4.65. The van der Waals surface area contributed by atoms with E-state index in [0.717, 1.165) is 22.7 Å². The van der Waals surface area contributed by atoms with E-state index in [1.165, 1.54) is 60.6 Å². The van der Waals surface area contributed by atoms with Crippen molar-refractivity contribution < 1.29 is 0 Å². The lowest BCUT2D eigenvalue weighted by Crippen LogP contribution is -2.10. The lowest BCUT2D eigenvalue weighted by molar-refractivity contribution is 1.22. The van der Waals surface area contributed by atoms with E-state index in [0.29, 0.717) is 0 Å². The van der Waals surface area contributed by atoms with E-state index in [9.17, 15) is 0 Å². The molecule has 0 saturated carbocycles. The van der Waals surface area contributed by atoms with Gasteiger partial charge in [0.15, 0.2) is 0 Å². The molecular weight excluding hydrogens is 641 g/mol. The Labute approximate surface area is 311 Å². The second kappa shape index (κ2) is 14.0. The third-order valence-corrected chi connectivity index (χ3v) is 10.2. The molecule has 0 saturated heterocycles. The normalized spacial score (nSPS) is 11.1. The second-order valence-electron chi connectivity index (χ2n) is 13.5. The third kappa shape index (κ3) is 6.32. The van der Waals surface area contributed by atoms with Gasteiger partial charge in [-0.05, 0) is 104 Å². The van der Waals surface area contributed by atoms with E-state index < -0.39 is 0 Å². The van der Waals surface area contributed by atoms with E-state index in [1.54, 1.807) is 0 Å². The predicted octanol–water partition coefficient (Wildman–Crippen LogP) is 14.2. The molecule has 0 amide bonds. The van der Waals surface area contributed by atoms with Crippen molar-refractivity contribution in [3.63, 3.8) is 0 Å². The number of nitrogens with zero attached hydrogens (tertiary/aromatic N) is 2. The van der Waals surface area contributed by atoms with E-state index in [1.807, 2.05) is 0 Å². The van der Waals surface area contributed by atoms with E-state index in [2.05, 4.69) is 229 Å². The Hall–Kier alpha value is -6.90. The van der Waals surface area contributed by atoms with Crippen molar-refractivity contribution in [2.24, 2.45) is 0 Å². The van der Waals surface area contributed by atoms with Crippen LogP contribution in [0.4, 0.5) is 28.4 Å². The first kappa shape index (κ1) is 32.0. The Bertz CT molecular complexity index is 2580. The summed E-state index contributed by atoms with van der Waals surface area (Å²) in [6.45, 7) is 0. The van der Waals surface area contributed by atoms with Gasteiger partial charge in [0.1, 0.15) is 0 Å². The van der Waals surface area contributed by atoms with Crippen LogP contribution in [0.2, 0.25) is 0 Å². The molecule has 9 aromatic rings. The molecule has 0 aliphatic heterocycles. The first-order valence-electron chi connectivity index (χ1n) is 18.2. The molecule has 0 aliphatic rings. The molecule has 53 heavy (non-hydrogen) atoms. The van der Waals surface area contributed by atoms with Crippen molar-refractivity contribution >= 4 is 50.0 Å². The fraction of sp³-hybridized carbons (Fsp3) is 0.0196. The maximum Gasteiger partial charge on any atom is 0.0494 e. The number of hydrogen-bond donors (Lipinski definition) is 0. The minimum atomic E-state index is 1.10. The Morgan fingerprint density at radius 3 is 1.28 bits per heavy atom. The summed E-state index contributed by atoms with van der Waals surface area (Å²) in [7, 11) is 2.16. The molecule has 0 heterocycles. The smallest absolute Gasteiger partial charge is 0.0494 e. The van der Waals surface area contributed by atoms with Gasteiger partial charge in [-0.1, -0.05) is 158 Å². The lowest BCUT2D eigenvalue weighted by atomic mass is 9.99. The molecule has 0 atom stereocenters. The Morgan fingerprint density at radius 2 is 0.717 bits per heavy atom. The first-order chi connectivity index (χ1) is 26.2. The molecule has 252 valence electrons. The van der Waals surface area contributed by atoms with Crippen LogP contribution in [0.15, 0.2) is 212 Å². The quantitative estimate of drug-likeness (QED) is 0.148. The highest BCUT2D eigenvalue weighted by Crippen LogP contribution is 2.40. The zero-order valence-corrected chi connectivity index (χ0v) is 29.6. The van der Waals surface area contributed by atoms with Crippen molar-refractivity contribution in [1.82, 2.24) is 0 Å². The second-order valence-corrected chi connectivity index (χ2v) is 13.5. The fourth-order valence-corrected chi connectivity index (χ4v) is 7.49. The predicted molar refractivity (Wildman–Crippen MR) is 227 cm³/mol.